The van der Waals surface area contributed by atoms with Crippen molar-refractivity contribution in [2.45, 2.75) is 6.42 Å². The van der Waals surface area contributed by atoms with Gasteiger partial charge in [0.1, 0.15) is 12.9 Å². The molecule has 0 fully saturated rings. The lowest BCUT2D eigenvalue weighted by Crippen LogP contribution is -2.21. The monoisotopic (exact) mass is 187 g/mol. The lowest BCUT2D eigenvalue weighted by Gasteiger charge is -2.06. The van der Waals surface area contributed by atoms with Crippen molar-refractivity contribution in [3.8, 4) is 0 Å². The van der Waals surface area contributed by atoms with Crippen molar-refractivity contribution in [1.82, 2.24) is 5.23 Å². The van der Waals surface area contributed by atoms with E-state index in [9.17, 15) is 9.18 Å². The minimum absolute atomic E-state index is 0.170. The van der Waals surface area contributed by atoms with Gasteiger partial charge in [-0.05, 0) is 0 Å². The SMILES string of the molecule is O=CBNC1=C(Cl)CC=C1CF. The van der Waals surface area contributed by atoms with Crippen LogP contribution in [0.3, 0.4) is 0 Å². The van der Waals surface area contributed by atoms with Crippen LogP contribution in [0.1, 0.15) is 6.42 Å². The molecule has 0 heterocycles. The number of alkyl halides is 1. The second-order valence-electron chi connectivity index (χ2n) is 2.39. The smallest absolute Gasteiger partial charge is 0.308 e. The summed E-state index contributed by atoms with van der Waals surface area (Å²) in [6, 6.07) is 0. The van der Waals surface area contributed by atoms with Crippen LogP contribution in [-0.4, -0.2) is 20.3 Å². The van der Waals surface area contributed by atoms with Gasteiger partial charge >= 0.3 is 7.41 Å². The molecular weight excluding hydrogens is 179 g/mol. The molecule has 0 aromatic rings. The van der Waals surface area contributed by atoms with Crippen LogP contribution in [0.4, 0.5) is 4.39 Å². The second-order valence-corrected chi connectivity index (χ2v) is 2.85. The van der Waals surface area contributed by atoms with Gasteiger partial charge in [0.15, 0.2) is 0 Å². The van der Waals surface area contributed by atoms with Crippen molar-refractivity contribution in [1.29, 1.82) is 0 Å². The Bertz CT molecular complexity index is 252. The van der Waals surface area contributed by atoms with Gasteiger partial charge in [0.05, 0.1) is 0 Å². The van der Waals surface area contributed by atoms with Gasteiger partial charge in [-0.15, -0.1) is 0 Å². The van der Waals surface area contributed by atoms with Gasteiger partial charge in [-0.1, -0.05) is 17.7 Å². The molecule has 0 aliphatic heterocycles. The Morgan fingerprint density at radius 3 is 3.17 bits per heavy atom. The van der Waals surface area contributed by atoms with Crippen molar-refractivity contribution in [3.63, 3.8) is 0 Å². The highest BCUT2D eigenvalue weighted by Gasteiger charge is 2.15. The number of carbonyl (C=O) groups is 1. The number of nitrogens with one attached hydrogen (secondary N) is 1. The third-order valence-electron chi connectivity index (χ3n) is 1.63. The average Bonchev–Trinajstić information content (AvgIpc) is 2.43. The van der Waals surface area contributed by atoms with Crippen molar-refractivity contribution in [2.24, 2.45) is 0 Å². The van der Waals surface area contributed by atoms with E-state index in [0.717, 1.165) is 0 Å². The van der Waals surface area contributed by atoms with E-state index in [2.05, 4.69) is 5.23 Å². The molecule has 1 N–H and O–H groups in total. The molecule has 0 spiro atoms. The Hall–Kier alpha value is -0.765. The molecule has 2 nitrogen and oxygen atoms in total. The number of hydrogen-bond acceptors (Lipinski definition) is 2. The molecule has 64 valence electrons. The molecule has 0 atom stereocenters. The van der Waals surface area contributed by atoms with Gasteiger partial charge in [-0.25, -0.2) is 4.39 Å². The zero-order valence-corrected chi connectivity index (χ0v) is 7.20. The number of allylic oxidation sites excluding steroid dienone is 3. The van der Waals surface area contributed by atoms with E-state index < -0.39 is 6.67 Å². The quantitative estimate of drug-likeness (QED) is 0.523. The van der Waals surface area contributed by atoms with Crippen LogP contribution >= 0.6 is 11.6 Å². The topological polar surface area (TPSA) is 29.1 Å². The molecule has 1 aliphatic carbocycles. The standard InChI is InChI=1S/C7H8BClFNO/c9-6-2-1-5(3-10)7(6)11-8-4-12/h1,4,8,11H,2-3H2. The second kappa shape index (κ2) is 4.31. The summed E-state index contributed by atoms with van der Waals surface area (Å²) >= 11 is 5.77. The summed E-state index contributed by atoms with van der Waals surface area (Å²) in [6.07, 6.45) is 2.99. The number of carbonyl (C=O) groups excluding carboxylic acids is 1. The normalized spacial score (nSPS) is 16.0. The van der Waals surface area contributed by atoms with Gasteiger partial charge in [-0.3, -0.25) is 0 Å². The minimum Gasteiger partial charge on any atom is -0.424 e. The first-order valence-corrected chi connectivity index (χ1v) is 3.99. The molecule has 1 rings (SSSR count). The fraction of sp³-hybridized carbons (Fsp3) is 0.286. The summed E-state index contributed by atoms with van der Waals surface area (Å²) in [5.74, 6) is 0. The van der Waals surface area contributed by atoms with Gasteiger partial charge in [0, 0.05) is 22.7 Å². The Balaban J connectivity index is 2.64. The van der Waals surface area contributed by atoms with Crippen LogP contribution in [0.25, 0.3) is 0 Å². The van der Waals surface area contributed by atoms with Crippen LogP contribution in [0.15, 0.2) is 22.4 Å². The van der Waals surface area contributed by atoms with Gasteiger partial charge < -0.3 is 10.0 Å². The Morgan fingerprint density at radius 2 is 2.58 bits per heavy atom. The van der Waals surface area contributed by atoms with E-state index in [1.807, 2.05) is 0 Å². The average molecular weight is 187 g/mol. The summed E-state index contributed by atoms with van der Waals surface area (Å²) in [6.45, 7) is -0.544. The number of rotatable bonds is 4. The molecule has 0 unspecified atom stereocenters. The van der Waals surface area contributed by atoms with Crippen LogP contribution in [-0.2, 0) is 4.79 Å². The maximum atomic E-state index is 12.3. The fourth-order valence-corrected chi connectivity index (χ4v) is 1.33. The van der Waals surface area contributed by atoms with Crippen LogP contribution in [0, 0.1) is 0 Å². The first-order chi connectivity index (χ1) is 5.79. The minimum atomic E-state index is -0.544. The highest BCUT2D eigenvalue weighted by Crippen LogP contribution is 2.26. The zero-order valence-electron chi connectivity index (χ0n) is 6.44. The van der Waals surface area contributed by atoms with Crippen molar-refractivity contribution >= 4 is 25.2 Å². The molecule has 0 bridgehead atoms. The first-order valence-electron chi connectivity index (χ1n) is 3.61. The zero-order chi connectivity index (χ0) is 8.97. The lowest BCUT2D eigenvalue weighted by molar-refractivity contribution is 0.545. The number of halogens is 2. The summed E-state index contributed by atoms with van der Waals surface area (Å²) in [7, 11) is 0.170. The summed E-state index contributed by atoms with van der Waals surface area (Å²) in [5.41, 5.74) is 1.12. The Kier molecular flexibility index (Phi) is 3.35. The first kappa shape index (κ1) is 9.32. The third kappa shape index (κ3) is 1.88. The third-order valence-corrected chi connectivity index (χ3v) is 1.97. The van der Waals surface area contributed by atoms with E-state index in [1.165, 1.54) is 0 Å². The van der Waals surface area contributed by atoms with Crippen LogP contribution in [0.2, 0.25) is 0 Å². The van der Waals surface area contributed by atoms with Crippen LogP contribution < -0.4 is 5.23 Å². The molecule has 0 radical (unpaired) electrons. The molecule has 1 aliphatic rings. The van der Waals surface area contributed by atoms with Crippen molar-refractivity contribution in [3.05, 3.63) is 22.4 Å². The molecule has 5 heteroatoms. The predicted molar refractivity (Wildman–Crippen MR) is 48.6 cm³/mol. The maximum absolute atomic E-state index is 12.3. The van der Waals surface area contributed by atoms with Crippen molar-refractivity contribution < 1.29 is 9.18 Å². The maximum Gasteiger partial charge on any atom is 0.308 e. The van der Waals surface area contributed by atoms with E-state index in [1.54, 1.807) is 6.08 Å². The van der Waals surface area contributed by atoms with E-state index >= 15 is 0 Å². The fourth-order valence-electron chi connectivity index (χ4n) is 1.07. The Morgan fingerprint density at radius 1 is 1.83 bits per heavy atom. The van der Waals surface area contributed by atoms with Crippen LogP contribution in [0.5, 0.6) is 0 Å². The molecule has 0 aromatic heterocycles. The molecule has 0 amide bonds. The highest BCUT2D eigenvalue weighted by atomic mass is 35.5. The molecule has 0 saturated carbocycles. The van der Waals surface area contributed by atoms with Crippen molar-refractivity contribution in [2.75, 3.05) is 6.67 Å². The summed E-state index contributed by atoms with van der Waals surface area (Å²) < 4.78 is 12.3. The highest BCUT2D eigenvalue weighted by molar-refractivity contribution is 6.65. The molecule has 12 heavy (non-hydrogen) atoms. The van der Waals surface area contributed by atoms with Gasteiger partial charge in [-0.2, -0.15) is 0 Å². The van der Waals surface area contributed by atoms with E-state index in [-0.39, 0.29) is 7.41 Å². The summed E-state index contributed by atoms with van der Waals surface area (Å²) in [4.78, 5) is 10.0. The van der Waals surface area contributed by atoms with E-state index in [4.69, 9.17) is 11.6 Å². The number of hydrogen-bond donors (Lipinski definition) is 1. The predicted octanol–water partition coefficient (Wildman–Crippen LogP) is 0.868. The van der Waals surface area contributed by atoms with E-state index in [0.29, 0.717) is 28.9 Å². The van der Waals surface area contributed by atoms with Gasteiger partial charge in [0.25, 0.3) is 0 Å². The summed E-state index contributed by atoms with van der Waals surface area (Å²) in [5, 5.41) is 3.33. The largest absolute Gasteiger partial charge is 0.424 e. The molecule has 0 aromatic carbocycles. The molecule has 0 saturated heterocycles. The Labute approximate surface area is 75.7 Å². The molecular formula is C7H8BClFNO. The van der Waals surface area contributed by atoms with Gasteiger partial charge in [0.2, 0.25) is 0 Å². The lowest BCUT2D eigenvalue weighted by atomic mass is 9.97.